The predicted octanol–water partition coefficient (Wildman–Crippen LogP) is 2.61. The van der Waals surface area contributed by atoms with Crippen molar-refractivity contribution in [2.45, 2.75) is 0 Å². The topological polar surface area (TPSA) is 66.9 Å². The van der Waals surface area contributed by atoms with Gasteiger partial charge in [0.25, 0.3) is 5.91 Å². The Kier molecular flexibility index (Phi) is 4.55. The summed E-state index contributed by atoms with van der Waals surface area (Å²) in [6.07, 6.45) is 4.14. The van der Waals surface area contributed by atoms with Crippen molar-refractivity contribution in [3.05, 3.63) is 60.4 Å². The average molecular weight is 290 g/mol. The molecule has 7 heteroatoms. The number of nitrogens with zero attached hydrogens (tertiary/aromatic N) is 2. The second-order valence-electron chi connectivity index (χ2n) is 4.02. The summed E-state index contributed by atoms with van der Waals surface area (Å²) in [6, 6.07) is 3.32. The average Bonchev–Trinajstić information content (AvgIpc) is 2.49. The lowest BCUT2D eigenvalue weighted by Crippen LogP contribution is -2.15. The molecule has 21 heavy (non-hydrogen) atoms. The van der Waals surface area contributed by atoms with Gasteiger partial charge in [0.1, 0.15) is 17.3 Å². The summed E-state index contributed by atoms with van der Waals surface area (Å²) in [5.41, 5.74) is -0.418. The van der Waals surface area contributed by atoms with Gasteiger partial charge in [0.15, 0.2) is 0 Å². The highest BCUT2D eigenvalue weighted by molar-refractivity contribution is 6.04. The Morgan fingerprint density at radius 1 is 1.24 bits per heavy atom. The van der Waals surface area contributed by atoms with Crippen LogP contribution in [0.5, 0.6) is 0 Å². The molecule has 1 aromatic carbocycles. The van der Waals surface area contributed by atoms with E-state index in [-0.39, 0.29) is 5.56 Å². The van der Waals surface area contributed by atoms with Crippen molar-refractivity contribution in [3.63, 3.8) is 0 Å². The van der Waals surface area contributed by atoms with Gasteiger partial charge >= 0.3 is 0 Å². The molecule has 0 aliphatic rings. The van der Waals surface area contributed by atoms with Crippen LogP contribution in [0.2, 0.25) is 0 Å². The van der Waals surface area contributed by atoms with E-state index in [4.69, 9.17) is 0 Å². The van der Waals surface area contributed by atoms with Crippen LogP contribution in [0, 0.1) is 11.6 Å². The van der Waals surface area contributed by atoms with Gasteiger partial charge in [-0.2, -0.15) is 0 Å². The number of para-hydroxylation sites is 1. The number of aromatic nitrogens is 2. The Balaban J connectivity index is 2.11. The standard InChI is InChI=1S/C14H12F2N4O/c1-2-6-17-14-18-7-9(8-19-14)13(21)20-12-10(15)4-3-5-11(12)16/h2-5,7-8H,1,6H2,(H,20,21)(H,17,18,19). The van der Waals surface area contributed by atoms with Crippen LogP contribution in [0.15, 0.2) is 43.2 Å². The van der Waals surface area contributed by atoms with Gasteiger partial charge < -0.3 is 10.6 Å². The summed E-state index contributed by atoms with van der Waals surface area (Å²) in [4.78, 5) is 19.7. The third kappa shape index (κ3) is 3.59. The summed E-state index contributed by atoms with van der Waals surface area (Å²) in [5.74, 6) is -2.08. The highest BCUT2D eigenvalue weighted by Gasteiger charge is 2.14. The molecule has 0 unspecified atom stereocenters. The number of benzene rings is 1. The Bertz CT molecular complexity index is 638. The molecule has 0 saturated heterocycles. The third-order valence-electron chi connectivity index (χ3n) is 2.52. The second-order valence-corrected chi connectivity index (χ2v) is 4.02. The maximum Gasteiger partial charge on any atom is 0.258 e. The summed E-state index contributed by atoms with van der Waals surface area (Å²) in [5, 5.41) is 4.99. The number of halogens is 2. The fourth-order valence-electron chi connectivity index (χ4n) is 1.50. The second kappa shape index (κ2) is 6.56. The molecular formula is C14H12F2N4O. The molecule has 0 spiro atoms. The number of carbonyl (C=O) groups excluding carboxylic acids is 1. The fourth-order valence-corrected chi connectivity index (χ4v) is 1.50. The number of amides is 1. The molecule has 2 N–H and O–H groups in total. The Hall–Kier alpha value is -2.83. The van der Waals surface area contributed by atoms with Crippen LogP contribution in [-0.4, -0.2) is 22.4 Å². The van der Waals surface area contributed by atoms with Crippen LogP contribution < -0.4 is 10.6 Å². The van der Waals surface area contributed by atoms with Gasteiger partial charge in [-0.1, -0.05) is 12.1 Å². The Morgan fingerprint density at radius 2 is 1.86 bits per heavy atom. The van der Waals surface area contributed by atoms with Crippen LogP contribution in [0.1, 0.15) is 10.4 Å². The van der Waals surface area contributed by atoms with Crippen molar-refractivity contribution in [2.24, 2.45) is 0 Å². The van der Waals surface area contributed by atoms with Crippen molar-refractivity contribution < 1.29 is 13.6 Å². The molecule has 0 bridgehead atoms. The smallest absolute Gasteiger partial charge is 0.258 e. The van der Waals surface area contributed by atoms with Crippen molar-refractivity contribution in [3.8, 4) is 0 Å². The van der Waals surface area contributed by atoms with Gasteiger partial charge in [0.05, 0.1) is 5.56 Å². The fraction of sp³-hybridized carbons (Fsp3) is 0.0714. The summed E-state index contributed by atoms with van der Waals surface area (Å²) >= 11 is 0. The largest absolute Gasteiger partial charge is 0.351 e. The van der Waals surface area contributed by atoms with E-state index >= 15 is 0 Å². The van der Waals surface area contributed by atoms with E-state index in [1.165, 1.54) is 18.5 Å². The van der Waals surface area contributed by atoms with Crippen molar-refractivity contribution in [2.75, 3.05) is 17.2 Å². The lowest BCUT2D eigenvalue weighted by Gasteiger charge is -2.07. The summed E-state index contributed by atoms with van der Waals surface area (Å²) < 4.78 is 26.8. The van der Waals surface area contributed by atoms with E-state index < -0.39 is 23.2 Å². The minimum atomic E-state index is -0.853. The lowest BCUT2D eigenvalue weighted by molar-refractivity contribution is 0.102. The van der Waals surface area contributed by atoms with Crippen LogP contribution >= 0.6 is 0 Å². The van der Waals surface area contributed by atoms with Gasteiger partial charge in [-0.15, -0.1) is 6.58 Å². The molecule has 0 fully saturated rings. The molecule has 0 atom stereocenters. The van der Waals surface area contributed by atoms with Gasteiger partial charge in [-0.05, 0) is 12.1 Å². The minimum absolute atomic E-state index is 0.0850. The zero-order valence-corrected chi connectivity index (χ0v) is 10.9. The van der Waals surface area contributed by atoms with Crippen molar-refractivity contribution in [1.82, 2.24) is 9.97 Å². The molecule has 2 rings (SSSR count). The Labute approximate surface area is 119 Å². The van der Waals surface area contributed by atoms with E-state index in [1.807, 2.05) is 0 Å². The molecule has 0 aliphatic carbocycles. The van der Waals surface area contributed by atoms with E-state index in [0.717, 1.165) is 12.1 Å². The first kappa shape index (κ1) is 14.6. The molecule has 1 heterocycles. The minimum Gasteiger partial charge on any atom is -0.351 e. The van der Waals surface area contributed by atoms with Crippen molar-refractivity contribution >= 4 is 17.5 Å². The number of hydrogen-bond acceptors (Lipinski definition) is 4. The number of carbonyl (C=O) groups is 1. The number of anilines is 2. The third-order valence-corrected chi connectivity index (χ3v) is 2.52. The van der Waals surface area contributed by atoms with E-state index in [1.54, 1.807) is 6.08 Å². The molecule has 0 radical (unpaired) electrons. The summed E-state index contributed by atoms with van der Waals surface area (Å²) in [6.45, 7) is 4.01. The van der Waals surface area contributed by atoms with Crippen LogP contribution in [0.4, 0.5) is 20.4 Å². The molecule has 5 nitrogen and oxygen atoms in total. The molecule has 0 aliphatic heterocycles. The van der Waals surface area contributed by atoms with Gasteiger partial charge in [0.2, 0.25) is 5.95 Å². The number of hydrogen-bond donors (Lipinski definition) is 2. The zero-order chi connectivity index (χ0) is 15.2. The number of rotatable bonds is 5. The quantitative estimate of drug-likeness (QED) is 0.831. The van der Waals surface area contributed by atoms with E-state index in [9.17, 15) is 13.6 Å². The normalized spacial score (nSPS) is 10.0. The highest BCUT2D eigenvalue weighted by Crippen LogP contribution is 2.18. The molecule has 0 saturated carbocycles. The first-order chi connectivity index (χ1) is 10.1. The Morgan fingerprint density at radius 3 is 2.43 bits per heavy atom. The van der Waals surface area contributed by atoms with Crippen LogP contribution in [0.3, 0.4) is 0 Å². The molecular weight excluding hydrogens is 278 g/mol. The maximum atomic E-state index is 13.4. The monoisotopic (exact) mass is 290 g/mol. The van der Waals surface area contributed by atoms with E-state index in [0.29, 0.717) is 12.5 Å². The van der Waals surface area contributed by atoms with Gasteiger partial charge in [-0.25, -0.2) is 18.7 Å². The van der Waals surface area contributed by atoms with Gasteiger partial charge in [0, 0.05) is 18.9 Å². The lowest BCUT2D eigenvalue weighted by atomic mass is 10.2. The van der Waals surface area contributed by atoms with Gasteiger partial charge in [-0.3, -0.25) is 4.79 Å². The molecule has 1 amide bonds. The zero-order valence-electron chi connectivity index (χ0n) is 10.9. The summed E-state index contributed by atoms with van der Waals surface area (Å²) in [7, 11) is 0. The first-order valence-electron chi connectivity index (χ1n) is 6.04. The van der Waals surface area contributed by atoms with Crippen LogP contribution in [0.25, 0.3) is 0 Å². The van der Waals surface area contributed by atoms with E-state index in [2.05, 4.69) is 27.2 Å². The highest BCUT2D eigenvalue weighted by atomic mass is 19.1. The SMILES string of the molecule is C=CCNc1ncc(C(=O)Nc2c(F)cccc2F)cn1. The first-order valence-corrected chi connectivity index (χ1v) is 6.04. The van der Waals surface area contributed by atoms with Crippen molar-refractivity contribution in [1.29, 1.82) is 0 Å². The molecule has 1 aromatic heterocycles. The molecule has 2 aromatic rings. The molecule has 108 valence electrons. The number of nitrogens with one attached hydrogen (secondary N) is 2. The maximum absolute atomic E-state index is 13.4. The predicted molar refractivity (Wildman–Crippen MR) is 75.0 cm³/mol. The van der Waals surface area contributed by atoms with Crippen LogP contribution in [-0.2, 0) is 0 Å².